The number of carbonyl (C=O) groups is 1. The van der Waals surface area contributed by atoms with E-state index in [2.05, 4.69) is 10.00 Å². The summed E-state index contributed by atoms with van der Waals surface area (Å²) in [5.41, 5.74) is 0.141. The Morgan fingerprint density at radius 1 is 1.69 bits per heavy atom. The molecule has 1 saturated heterocycles. The first-order valence-electron chi connectivity index (χ1n) is 5.16. The van der Waals surface area contributed by atoms with E-state index in [-0.39, 0.29) is 11.7 Å². The standard InChI is InChI=1S/C10H15N3O3/c1-12-4-3-7(6-12)13-9(10(14)15)8(16-2)5-11-13/h5,7H,3-4,6H2,1-2H3,(H,14,15). The highest BCUT2D eigenvalue weighted by Crippen LogP contribution is 2.26. The minimum Gasteiger partial charge on any atom is -0.493 e. The zero-order chi connectivity index (χ0) is 11.7. The van der Waals surface area contributed by atoms with Crippen LogP contribution in [0, 0.1) is 0 Å². The highest BCUT2D eigenvalue weighted by Gasteiger charge is 2.28. The normalized spacial score (nSPS) is 21.2. The lowest BCUT2D eigenvalue weighted by atomic mass is 10.2. The highest BCUT2D eigenvalue weighted by atomic mass is 16.5. The molecule has 16 heavy (non-hydrogen) atoms. The largest absolute Gasteiger partial charge is 0.493 e. The van der Waals surface area contributed by atoms with Gasteiger partial charge in [0.15, 0.2) is 11.4 Å². The average molecular weight is 225 g/mol. The van der Waals surface area contributed by atoms with Gasteiger partial charge >= 0.3 is 5.97 Å². The van der Waals surface area contributed by atoms with E-state index in [9.17, 15) is 4.79 Å². The summed E-state index contributed by atoms with van der Waals surface area (Å²) >= 11 is 0. The van der Waals surface area contributed by atoms with Crippen molar-refractivity contribution in [1.82, 2.24) is 14.7 Å². The topological polar surface area (TPSA) is 67.6 Å². The van der Waals surface area contributed by atoms with Gasteiger partial charge < -0.3 is 14.7 Å². The number of hydrogen-bond donors (Lipinski definition) is 1. The molecular formula is C10H15N3O3. The van der Waals surface area contributed by atoms with Crippen molar-refractivity contribution in [2.24, 2.45) is 0 Å². The second kappa shape index (κ2) is 4.13. The number of rotatable bonds is 3. The fourth-order valence-corrected chi connectivity index (χ4v) is 2.09. The summed E-state index contributed by atoms with van der Waals surface area (Å²) in [5, 5.41) is 13.2. The van der Waals surface area contributed by atoms with Crippen molar-refractivity contribution < 1.29 is 14.6 Å². The maximum absolute atomic E-state index is 11.1. The zero-order valence-corrected chi connectivity index (χ0v) is 9.38. The Morgan fingerprint density at radius 2 is 2.44 bits per heavy atom. The number of aromatic carboxylic acids is 1. The van der Waals surface area contributed by atoms with Crippen LogP contribution in [0.3, 0.4) is 0 Å². The minimum atomic E-state index is -0.996. The van der Waals surface area contributed by atoms with Gasteiger partial charge in [-0.3, -0.25) is 4.68 Å². The Hall–Kier alpha value is -1.56. The Balaban J connectivity index is 2.33. The maximum atomic E-state index is 11.1. The fraction of sp³-hybridized carbons (Fsp3) is 0.600. The molecule has 0 spiro atoms. The molecule has 0 amide bonds. The number of ether oxygens (including phenoxy) is 1. The van der Waals surface area contributed by atoms with Gasteiger partial charge in [-0.25, -0.2) is 4.79 Å². The summed E-state index contributed by atoms with van der Waals surface area (Å²) in [6.07, 6.45) is 2.38. The number of likely N-dealkylation sites (N-methyl/N-ethyl adjacent to an activating group) is 1. The molecule has 0 radical (unpaired) electrons. The lowest BCUT2D eigenvalue weighted by Crippen LogP contribution is -2.20. The summed E-state index contributed by atoms with van der Waals surface area (Å²) in [7, 11) is 3.47. The molecule has 0 aliphatic carbocycles. The number of aromatic nitrogens is 2. The van der Waals surface area contributed by atoms with E-state index in [1.54, 1.807) is 4.68 Å². The Labute approximate surface area is 93.4 Å². The number of carboxylic acids is 1. The third-order valence-corrected chi connectivity index (χ3v) is 2.90. The summed E-state index contributed by atoms with van der Waals surface area (Å²) < 4.78 is 6.56. The fourth-order valence-electron chi connectivity index (χ4n) is 2.09. The van der Waals surface area contributed by atoms with E-state index < -0.39 is 5.97 Å². The predicted molar refractivity (Wildman–Crippen MR) is 56.9 cm³/mol. The van der Waals surface area contributed by atoms with Crippen molar-refractivity contribution in [1.29, 1.82) is 0 Å². The molecule has 1 fully saturated rings. The van der Waals surface area contributed by atoms with Crippen LogP contribution in [-0.2, 0) is 0 Å². The third-order valence-electron chi connectivity index (χ3n) is 2.90. The molecule has 1 aliphatic rings. The quantitative estimate of drug-likeness (QED) is 0.809. The second-order valence-electron chi connectivity index (χ2n) is 4.02. The van der Waals surface area contributed by atoms with Crippen LogP contribution in [0.2, 0.25) is 0 Å². The molecule has 1 N–H and O–H groups in total. The Morgan fingerprint density at radius 3 is 2.94 bits per heavy atom. The molecule has 1 atom stereocenters. The van der Waals surface area contributed by atoms with Crippen molar-refractivity contribution in [3.63, 3.8) is 0 Å². The summed E-state index contributed by atoms with van der Waals surface area (Å²) in [4.78, 5) is 13.3. The van der Waals surface area contributed by atoms with E-state index in [1.165, 1.54) is 13.3 Å². The number of methoxy groups -OCH3 is 1. The molecule has 1 aromatic rings. The Kier molecular flexibility index (Phi) is 2.82. The van der Waals surface area contributed by atoms with Crippen LogP contribution in [0.25, 0.3) is 0 Å². The molecule has 88 valence electrons. The number of likely N-dealkylation sites (tertiary alicyclic amines) is 1. The average Bonchev–Trinajstić information content (AvgIpc) is 2.82. The molecule has 0 aromatic carbocycles. The summed E-state index contributed by atoms with van der Waals surface area (Å²) in [6.45, 7) is 1.79. The Bertz CT molecular complexity index is 402. The molecule has 6 nitrogen and oxygen atoms in total. The second-order valence-corrected chi connectivity index (χ2v) is 4.02. The van der Waals surface area contributed by atoms with Crippen molar-refractivity contribution in [3.8, 4) is 5.75 Å². The van der Waals surface area contributed by atoms with Crippen molar-refractivity contribution in [2.75, 3.05) is 27.2 Å². The lowest BCUT2D eigenvalue weighted by Gasteiger charge is -2.13. The van der Waals surface area contributed by atoms with Crippen LogP contribution < -0.4 is 4.74 Å². The van der Waals surface area contributed by atoms with Gasteiger partial charge in [-0.1, -0.05) is 0 Å². The lowest BCUT2D eigenvalue weighted by molar-refractivity contribution is 0.0676. The maximum Gasteiger partial charge on any atom is 0.358 e. The molecule has 0 bridgehead atoms. The molecular weight excluding hydrogens is 210 g/mol. The molecule has 0 saturated carbocycles. The molecule has 2 heterocycles. The predicted octanol–water partition coefficient (Wildman–Crippen LogP) is 0.467. The molecule has 1 unspecified atom stereocenters. The van der Waals surface area contributed by atoms with Crippen LogP contribution in [0.1, 0.15) is 23.0 Å². The number of nitrogens with zero attached hydrogens (tertiary/aromatic N) is 3. The van der Waals surface area contributed by atoms with Crippen molar-refractivity contribution >= 4 is 5.97 Å². The summed E-state index contributed by atoms with van der Waals surface area (Å²) in [5.74, 6) is -0.675. The van der Waals surface area contributed by atoms with Gasteiger partial charge in [0.25, 0.3) is 0 Å². The van der Waals surface area contributed by atoms with Gasteiger partial charge in [-0.2, -0.15) is 5.10 Å². The van der Waals surface area contributed by atoms with Gasteiger partial charge in [0, 0.05) is 6.54 Å². The van der Waals surface area contributed by atoms with Gasteiger partial charge in [0.1, 0.15) is 0 Å². The first-order valence-corrected chi connectivity index (χ1v) is 5.16. The minimum absolute atomic E-state index is 0.125. The number of carboxylic acid groups (broad SMARTS) is 1. The molecule has 6 heteroatoms. The van der Waals surface area contributed by atoms with E-state index in [4.69, 9.17) is 9.84 Å². The van der Waals surface area contributed by atoms with E-state index >= 15 is 0 Å². The van der Waals surface area contributed by atoms with Crippen LogP contribution in [0.5, 0.6) is 5.75 Å². The van der Waals surface area contributed by atoms with Crippen LogP contribution in [0.15, 0.2) is 6.20 Å². The van der Waals surface area contributed by atoms with Crippen molar-refractivity contribution in [3.05, 3.63) is 11.9 Å². The van der Waals surface area contributed by atoms with Crippen LogP contribution in [0.4, 0.5) is 0 Å². The first-order chi connectivity index (χ1) is 7.63. The molecule has 1 aromatic heterocycles. The summed E-state index contributed by atoms with van der Waals surface area (Å²) in [6, 6.07) is 0.125. The van der Waals surface area contributed by atoms with Gasteiger partial charge in [0.05, 0.1) is 19.3 Å². The zero-order valence-electron chi connectivity index (χ0n) is 9.38. The third kappa shape index (κ3) is 1.76. The molecule has 1 aliphatic heterocycles. The highest BCUT2D eigenvalue weighted by molar-refractivity contribution is 5.88. The SMILES string of the molecule is COc1cnn(C2CCN(C)C2)c1C(=O)O. The van der Waals surface area contributed by atoms with Crippen LogP contribution >= 0.6 is 0 Å². The van der Waals surface area contributed by atoms with E-state index in [1.807, 2.05) is 7.05 Å². The van der Waals surface area contributed by atoms with Crippen LogP contribution in [-0.4, -0.2) is 53.0 Å². The number of hydrogen-bond acceptors (Lipinski definition) is 4. The van der Waals surface area contributed by atoms with E-state index in [0.717, 1.165) is 19.5 Å². The first kappa shape index (κ1) is 10.9. The smallest absolute Gasteiger partial charge is 0.358 e. The van der Waals surface area contributed by atoms with Gasteiger partial charge in [-0.15, -0.1) is 0 Å². The van der Waals surface area contributed by atoms with E-state index in [0.29, 0.717) is 5.75 Å². The monoisotopic (exact) mass is 225 g/mol. The molecule has 2 rings (SSSR count). The van der Waals surface area contributed by atoms with Gasteiger partial charge in [-0.05, 0) is 20.0 Å². The van der Waals surface area contributed by atoms with Crippen molar-refractivity contribution in [2.45, 2.75) is 12.5 Å². The van der Waals surface area contributed by atoms with Gasteiger partial charge in [0.2, 0.25) is 0 Å².